The summed E-state index contributed by atoms with van der Waals surface area (Å²) in [6.07, 6.45) is 1.36. The minimum atomic E-state index is -0.604. The summed E-state index contributed by atoms with van der Waals surface area (Å²) in [6.45, 7) is 2.39. The molecular formula is C24H21N3O7. The zero-order chi connectivity index (χ0) is 24.5. The monoisotopic (exact) mass is 463 g/mol. The van der Waals surface area contributed by atoms with Gasteiger partial charge in [-0.3, -0.25) is 14.9 Å². The van der Waals surface area contributed by atoms with Gasteiger partial charge in [0.25, 0.3) is 11.6 Å². The number of esters is 1. The van der Waals surface area contributed by atoms with E-state index < -0.39 is 16.8 Å². The standard InChI is InChI=1S/C24H21N3O7/c1-3-33-20-10-8-17(9-11-20)24(29)34-21-12-7-16(13-22(21)32-2)15-25-26-23(28)18-5-4-6-19(14-18)27(30)31/h4-15H,3H2,1-2H3,(H,26,28)/b25-15+. The number of ether oxygens (including phenoxy) is 3. The summed E-state index contributed by atoms with van der Waals surface area (Å²) in [5.74, 6) is -0.0231. The van der Waals surface area contributed by atoms with Crippen molar-refractivity contribution in [2.75, 3.05) is 13.7 Å². The molecule has 34 heavy (non-hydrogen) atoms. The van der Waals surface area contributed by atoms with Gasteiger partial charge >= 0.3 is 5.97 Å². The first-order valence-corrected chi connectivity index (χ1v) is 10.1. The van der Waals surface area contributed by atoms with E-state index in [1.807, 2.05) is 6.92 Å². The van der Waals surface area contributed by atoms with E-state index in [4.69, 9.17) is 14.2 Å². The van der Waals surface area contributed by atoms with Gasteiger partial charge in [0.2, 0.25) is 0 Å². The second-order valence-electron chi connectivity index (χ2n) is 6.76. The van der Waals surface area contributed by atoms with E-state index in [9.17, 15) is 19.7 Å². The van der Waals surface area contributed by atoms with Crippen molar-refractivity contribution in [3.63, 3.8) is 0 Å². The van der Waals surface area contributed by atoms with Gasteiger partial charge in [-0.05, 0) is 61.0 Å². The summed E-state index contributed by atoms with van der Waals surface area (Å²) in [5, 5.41) is 14.7. The molecular weight excluding hydrogens is 442 g/mol. The normalized spacial score (nSPS) is 10.5. The summed E-state index contributed by atoms with van der Waals surface area (Å²) in [4.78, 5) is 34.9. The number of nitro benzene ring substituents is 1. The number of carbonyl (C=O) groups is 2. The number of rotatable bonds is 9. The Kier molecular flexibility index (Phi) is 7.90. The topological polar surface area (TPSA) is 129 Å². The van der Waals surface area contributed by atoms with Crippen molar-refractivity contribution >= 4 is 23.8 Å². The number of nitro groups is 1. The predicted octanol–water partition coefficient (Wildman–Crippen LogP) is 3.99. The third-order valence-corrected chi connectivity index (χ3v) is 4.49. The first-order chi connectivity index (χ1) is 16.4. The lowest BCUT2D eigenvalue weighted by Gasteiger charge is -2.10. The van der Waals surface area contributed by atoms with Crippen LogP contribution in [0.15, 0.2) is 71.8 Å². The van der Waals surface area contributed by atoms with Gasteiger partial charge in [-0.1, -0.05) is 6.07 Å². The number of methoxy groups -OCH3 is 1. The molecule has 0 aromatic heterocycles. The van der Waals surface area contributed by atoms with Crippen LogP contribution in [0.3, 0.4) is 0 Å². The van der Waals surface area contributed by atoms with E-state index in [1.54, 1.807) is 36.4 Å². The molecule has 0 saturated carbocycles. The van der Waals surface area contributed by atoms with Crippen LogP contribution in [0.1, 0.15) is 33.2 Å². The lowest BCUT2D eigenvalue weighted by Crippen LogP contribution is -2.17. The van der Waals surface area contributed by atoms with Crippen LogP contribution in [0.25, 0.3) is 0 Å². The highest BCUT2D eigenvalue weighted by Gasteiger charge is 2.14. The van der Waals surface area contributed by atoms with Gasteiger partial charge in [0.15, 0.2) is 11.5 Å². The molecule has 174 valence electrons. The largest absolute Gasteiger partial charge is 0.494 e. The number of nitrogens with one attached hydrogen (secondary N) is 1. The Morgan fingerprint density at radius 1 is 1.03 bits per heavy atom. The Morgan fingerprint density at radius 2 is 1.79 bits per heavy atom. The highest BCUT2D eigenvalue weighted by Crippen LogP contribution is 2.28. The number of hydrazone groups is 1. The lowest BCUT2D eigenvalue weighted by atomic mass is 10.2. The minimum absolute atomic E-state index is 0.0977. The number of hydrogen-bond donors (Lipinski definition) is 1. The molecule has 10 nitrogen and oxygen atoms in total. The summed E-state index contributed by atoms with van der Waals surface area (Å²) in [5.41, 5.74) is 3.10. The second-order valence-corrected chi connectivity index (χ2v) is 6.76. The van der Waals surface area contributed by atoms with Crippen molar-refractivity contribution in [2.24, 2.45) is 5.10 Å². The Bertz CT molecular complexity index is 1220. The smallest absolute Gasteiger partial charge is 0.343 e. The van der Waals surface area contributed by atoms with Crippen LogP contribution >= 0.6 is 0 Å². The van der Waals surface area contributed by atoms with Gasteiger partial charge < -0.3 is 14.2 Å². The van der Waals surface area contributed by atoms with Crippen LogP contribution in [0, 0.1) is 10.1 Å². The molecule has 0 bridgehead atoms. The van der Waals surface area contributed by atoms with Crippen LogP contribution in [0.2, 0.25) is 0 Å². The molecule has 3 aromatic carbocycles. The molecule has 0 aliphatic heterocycles. The fourth-order valence-electron chi connectivity index (χ4n) is 2.85. The third-order valence-electron chi connectivity index (χ3n) is 4.49. The molecule has 0 aliphatic carbocycles. The first kappa shape index (κ1) is 23.9. The van der Waals surface area contributed by atoms with Gasteiger partial charge in [-0.15, -0.1) is 0 Å². The van der Waals surface area contributed by atoms with Crippen LogP contribution in [0.4, 0.5) is 5.69 Å². The number of benzene rings is 3. The summed E-state index contributed by atoms with van der Waals surface area (Å²) >= 11 is 0. The molecule has 1 amide bonds. The third kappa shape index (κ3) is 6.16. The number of non-ortho nitro benzene ring substituents is 1. The van der Waals surface area contributed by atoms with E-state index in [0.717, 1.165) is 6.07 Å². The maximum Gasteiger partial charge on any atom is 0.343 e. The summed E-state index contributed by atoms with van der Waals surface area (Å²) < 4.78 is 16.1. The Balaban J connectivity index is 1.65. The first-order valence-electron chi connectivity index (χ1n) is 10.1. The van der Waals surface area contributed by atoms with Crippen molar-refractivity contribution in [1.82, 2.24) is 5.43 Å². The Morgan fingerprint density at radius 3 is 2.47 bits per heavy atom. The van der Waals surface area contributed by atoms with Crippen LogP contribution < -0.4 is 19.6 Å². The van der Waals surface area contributed by atoms with Gasteiger partial charge in [-0.2, -0.15) is 5.10 Å². The molecule has 1 N–H and O–H groups in total. The van der Waals surface area contributed by atoms with Gasteiger partial charge in [0.05, 0.1) is 30.4 Å². The molecule has 3 aromatic rings. The van der Waals surface area contributed by atoms with E-state index in [-0.39, 0.29) is 22.7 Å². The van der Waals surface area contributed by atoms with Crippen molar-refractivity contribution in [3.05, 3.63) is 93.5 Å². The minimum Gasteiger partial charge on any atom is -0.494 e. The zero-order valence-electron chi connectivity index (χ0n) is 18.4. The number of carbonyl (C=O) groups excluding carboxylic acids is 2. The van der Waals surface area contributed by atoms with E-state index in [0.29, 0.717) is 23.5 Å². The van der Waals surface area contributed by atoms with Crippen LogP contribution in [-0.4, -0.2) is 36.7 Å². The van der Waals surface area contributed by atoms with Crippen molar-refractivity contribution in [2.45, 2.75) is 6.92 Å². The van der Waals surface area contributed by atoms with Gasteiger partial charge in [-0.25, -0.2) is 10.2 Å². The van der Waals surface area contributed by atoms with Crippen molar-refractivity contribution < 1.29 is 28.7 Å². The highest BCUT2D eigenvalue weighted by atomic mass is 16.6. The lowest BCUT2D eigenvalue weighted by molar-refractivity contribution is -0.384. The Labute approximate surface area is 194 Å². The van der Waals surface area contributed by atoms with Crippen LogP contribution in [-0.2, 0) is 0 Å². The zero-order valence-corrected chi connectivity index (χ0v) is 18.4. The quantitative estimate of drug-likeness (QED) is 0.167. The van der Waals surface area contributed by atoms with Gasteiger partial charge in [0, 0.05) is 17.7 Å². The highest BCUT2D eigenvalue weighted by molar-refractivity contribution is 5.95. The predicted molar refractivity (Wildman–Crippen MR) is 124 cm³/mol. The molecule has 0 atom stereocenters. The molecule has 0 aliphatic rings. The average molecular weight is 463 g/mol. The SMILES string of the molecule is CCOc1ccc(C(=O)Oc2ccc(/C=N/NC(=O)c3cccc([N+](=O)[O-])c3)cc2OC)cc1. The van der Waals surface area contributed by atoms with Crippen molar-refractivity contribution in [1.29, 1.82) is 0 Å². The molecule has 0 spiro atoms. The van der Waals surface area contributed by atoms with E-state index in [2.05, 4.69) is 10.5 Å². The summed E-state index contributed by atoms with van der Waals surface area (Å²) in [7, 11) is 1.43. The van der Waals surface area contributed by atoms with Crippen molar-refractivity contribution in [3.8, 4) is 17.2 Å². The molecule has 0 unspecified atom stereocenters. The second kappa shape index (κ2) is 11.2. The maximum atomic E-state index is 12.4. The molecule has 3 rings (SSSR count). The van der Waals surface area contributed by atoms with E-state index >= 15 is 0 Å². The molecule has 0 fully saturated rings. The fraction of sp³-hybridized carbons (Fsp3) is 0.125. The number of hydrogen-bond acceptors (Lipinski definition) is 8. The molecule has 0 heterocycles. The number of nitrogens with zero attached hydrogens (tertiary/aromatic N) is 2. The fourth-order valence-corrected chi connectivity index (χ4v) is 2.85. The Hall–Kier alpha value is -4.73. The molecule has 10 heteroatoms. The molecule has 0 radical (unpaired) electrons. The van der Waals surface area contributed by atoms with Gasteiger partial charge in [0.1, 0.15) is 5.75 Å². The molecule has 0 saturated heterocycles. The van der Waals surface area contributed by atoms with E-state index in [1.165, 1.54) is 37.6 Å². The number of amides is 1. The van der Waals surface area contributed by atoms with Crippen LogP contribution in [0.5, 0.6) is 17.2 Å². The average Bonchev–Trinajstić information content (AvgIpc) is 2.85. The summed E-state index contributed by atoms with van der Waals surface area (Å²) in [6, 6.07) is 16.6. The maximum absolute atomic E-state index is 12.4.